The van der Waals surface area contributed by atoms with E-state index in [1.165, 1.54) is 23.0 Å². The number of pyridine rings is 1. The summed E-state index contributed by atoms with van der Waals surface area (Å²) < 4.78 is 2.21. The van der Waals surface area contributed by atoms with Gasteiger partial charge in [0.05, 0.1) is 29.3 Å². The maximum atomic E-state index is 4.47. The summed E-state index contributed by atoms with van der Waals surface area (Å²) >= 11 is 0. The van der Waals surface area contributed by atoms with Gasteiger partial charge in [0.15, 0.2) is 0 Å². The molecule has 0 aliphatic carbocycles. The monoisotopic (exact) mass is 292 g/mol. The van der Waals surface area contributed by atoms with Crippen molar-refractivity contribution in [2.24, 2.45) is 0 Å². The highest BCUT2D eigenvalue weighted by atomic mass is 15.2. The molecule has 0 atom stereocenters. The van der Waals surface area contributed by atoms with E-state index in [4.69, 9.17) is 0 Å². The lowest BCUT2D eigenvalue weighted by Gasteiger charge is -2.22. The molecule has 1 aliphatic rings. The summed E-state index contributed by atoms with van der Waals surface area (Å²) in [5.41, 5.74) is 3.55. The normalized spacial score (nSPS) is 15.9. The number of fused-ring (bicyclic) bond motifs is 1. The van der Waals surface area contributed by atoms with Gasteiger partial charge in [-0.15, -0.1) is 0 Å². The van der Waals surface area contributed by atoms with Crippen LogP contribution in [0, 0.1) is 0 Å². The minimum absolute atomic E-state index is 1.04. The molecule has 0 spiro atoms. The maximum absolute atomic E-state index is 4.47. The number of nitrogens with zero attached hydrogens (tertiary/aromatic N) is 3. The Balaban J connectivity index is 1.72. The average Bonchev–Trinajstić information content (AvgIpc) is 2.81. The fraction of sp³-hybridized carbons (Fsp3) is 0.278. The van der Waals surface area contributed by atoms with E-state index >= 15 is 0 Å². The highest BCUT2D eigenvalue weighted by molar-refractivity contribution is 5.82. The van der Waals surface area contributed by atoms with Crippen molar-refractivity contribution < 1.29 is 0 Å². The molecule has 4 nitrogen and oxygen atoms in total. The number of anilines is 1. The van der Waals surface area contributed by atoms with Crippen molar-refractivity contribution >= 4 is 16.6 Å². The first-order chi connectivity index (χ1) is 10.9. The third kappa shape index (κ3) is 2.46. The Morgan fingerprint density at radius 2 is 1.86 bits per heavy atom. The topological polar surface area (TPSA) is 33.1 Å². The molecule has 1 aliphatic heterocycles. The number of nitrogens with one attached hydrogen (secondary N) is 1. The van der Waals surface area contributed by atoms with Crippen molar-refractivity contribution in [3.63, 3.8) is 0 Å². The summed E-state index contributed by atoms with van der Waals surface area (Å²) in [6.07, 6.45) is 7.21. The lowest BCUT2D eigenvalue weighted by molar-refractivity contribution is 0.724. The Bertz CT molecular complexity index is 769. The third-order valence-electron chi connectivity index (χ3n) is 4.29. The number of aromatic nitrogens is 2. The molecule has 3 heterocycles. The summed E-state index contributed by atoms with van der Waals surface area (Å²) in [6, 6.07) is 12.8. The fourth-order valence-corrected chi connectivity index (χ4v) is 3.13. The molecule has 1 N–H and O–H groups in total. The van der Waals surface area contributed by atoms with Crippen LogP contribution in [0.15, 0.2) is 55.0 Å². The van der Waals surface area contributed by atoms with Crippen LogP contribution in [0.4, 0.5) is 5.69 Å². The zero-order chi connectivity index (χ0) is 14.8. The predicted octanol–water partition coefficient (Wildman–Crippen LogP) is 2.83. The predicted molar refractivity (Wildman–Crippen MR) is 90.8 cm³/mol. The average molecular weight is 292 g/mol. The van der Waals surface area contributed by atoms with Gasteiger partial charge in [-0.1, -0.05) is 18.2 Å². The maximum Gasteiger partial charge on any atom is 0.0659 e. The molecule has 0 bridgehead atoms. The molecule has 0 unspecified atom stereocenters. The molecule has 2 aromatic heterocycles. The van der Waals surface area contributed by atoms with Crippen molar-refractivity contribution in [3.05, 3.63) is 55.0 Å². The van der Waals surface area contributed by atoms with Crippen LogP contribution in [-0.2, 0) is 0 Å². The molecule has 1 aromatic carbocycles. The molecule has 1 fully saturated rings. The van der Waals surface area contributed by atoms with Crippen LogP contribution >= 0.6 is 0 Å². The summed E-state index contributed by atoms with van der Waals surface area (Å²) in [5.74, 6) is 0. The second-order valence-electron chi connectivity index (χ2n) is 5.74. The lowest BCUT2D eigenvalue weighted by atomic mass is 10.2. The van der Waals surface area contributed by atoms with Gasteiger partial charge in [-0.3, -0.25) is 4.98 Å². The fourth-order valence-electron chi connectivity index (χ4n) is 3.13. The van der Waals surface area contributed by atoms with E-state index in [0.717, 1.165) is 31.9 Å². The van der Waals surface area contributed by atoms with Gasteiger partial charge in [0.2, 0.25) is 0 Å². The second kappa shape index (κ2) is 5.81. The third-order valence-corrected chi connectivity index (χ3v) is 4.29. The molecule has 112 valence electrons. The minimum atomic E-state index is 1.04. The highest BCUT2D eigenvalue weighted by Gasteiger charge is 2.11. The van der Waals surface area contributed by atoms with E-state index < -0.39 is 0 Å². The second-order valence-corrected chi connectivity index (χ2v) is 5.74. The number of hydrogen-bond acceptors (Lipinski definition) is 3. The largest absolute Gasteiger partial charge is 0.369 e. The van der Waals surface area contributed by atoms with E-state index in [1.54, 1.807) is 0 Å². The van der Waals surface area contributed by atoms with E-state index in [1.807, 2.05) is 12.4 Å². The standard InChI is InChI=1S/C18H20N4/c1-2-5-18-15(4-1)6-10-22(18)17-12-16(13-20-14-17)21-9-3-7-19-8-11-21/h1-2,4-6,10,12-14,19H,3,7-9,11H2. The number of para-hydroxylation sites is 1. The van der Waals surface area contributed by atoms with Crippen molar-refractivity contribution in [1.82, 2.24) is 14.9 Å². The van der Waals surface area contributed by atoms with E-state index in [2.05, 4.69) is 62.4 Å². The van der Waals surface area contributed by atoms with Gasteiger partial charge in [-0.25, -0.2) is 0 Å². The lowest BCUT2D eigenvalue weighted by Crippen LogP contribution is -2.27. The molecule has 4 rings (SSSR count). The van der Waals surface area contributed by atoms with E-state index in [-0.39, 0.29) is 0 Å². The van der Waals surface area contributed by atoms with Gasteiger partial charge in [-0.05, 0) is 36.6 Å². The molecular formula is C18H20N4. The SMILES string of the molecule is c1ccc2c(c1)ccn2-c1cncc(N2CCCNCC2)c1. The molecule has 22 heavy (non-hydrogen) atoms. The summed E-state index contributed by atoms with van der Waals surface area (Å²) in [4.78, 5) is 6.89. The first-order valence-electron chi connectivity index (χ1n) is 7.89. The highest BCUT2D eigenvalue weighted by Crippen LogP contribution is 2.23. The van der Waals surface area contributed by atoms with E-state index in [0.29, 0.717) is 0 Å². The summed E-state index contributed by atoms with van der Waals surface area (Å²) in [7, 11) is 0. The minimum Gasteiger partial charge on any atom is -0.369 e. The Kier molecular flexibility index (Phi) is 3.52. The summed E-state index contributed by atoms with van der Waals surface area (Å²) in [6.45, 7) is 4.27. The number of rotatable bonds is 2. The van der Waals surface area contributed by atoms with Crippen LogP contribution < -0.4 is 10.2 Å². The van der Waals surface area contributed by atoms with Crippen molar-refractivity contribution in [2.45, 2.75) is 6.42 Å². The van der Waals surface area contributed by atoms with Crippen LogP contribution in [0.3, 0.4) is 0 Å². The Morgan fingerprint density at radius 1 is 0.955 bits per heavy atom. The van der Waals surface area contributed by atoms with Crippen LogP contribution in [0.5, 0.6) is 0 Å². The van der Waals surface area contributed by atoms with E-state index in [9.17, 15) is 0 Å². The van der Waals surface area contributed by atoms with Crippen molar-refractivity contribution in [2.75, 3.05) is 31.1 Å². The Morgan fingerprint density at radius 3 is 2.86 bits per heavy atom. The van der Waals surface area contributed by atoms with Crippen molar-refractivity contribution in [3.8, 4) is 5.69 Å². The van der Waals surface area contributed by atoms with Gasteiger partial charge < -0.3 is 14.8 Å². The van der Waals surface area contributed by atoms with Crippen LogP contribution in [0.1, 0.15) is 6.42 Å². The molecule has 4 heteroatoms. The van der Waals surface area contributed by atoms with Gasteiger partial charge >= 0.3 is 0 Å². The summed E-state index contributed by atoms with van der Waals surface area (Å²) in [5, 5.41) is 4.70. The van der Waals surface area contributed by atoms with Gasteiger partial charge in [0.1, 0.15) is 0 Å². The smallest absolute Gasteiger partial charge is 0.0659 e. The molecular weight excluding hydrogens is 272 g/mol. The Hall–Kier alpha value is -2.33. The van der Waals surface area contributed by atoms with Crippen LogP contribution in [0.25, 0.3) is 16.6 Å². The molecule has 3 aromatic rings. The van der Waals surface area contributed by atoms with Crippen LogP contribution in [0.2, 0.25) is 0 Å². The molecule has 1 saturated heterocycles. The van der Waals surface area contributed by atoms with Gasteiger partial charge in [0, 0.05) is 25.8 Å². The Labute approximate surface area is 130 Å². The van der Waals surface area contributed by atoms with Crippen molar-refractivity contribution in [1.29, 1.82) is 0 Å². The quantitative estimate of drug-likeness (QED) is 0.788. The zero-order valence-corrected chi connectivity index (χ0v) is 12.6. The first kappa shape index (κ1) is 13.3. The first-order valence-corrected chi connectivity index (χ1v) is 7.89. The zero-order valence-electron chi connectivity index (χ0n) is 12.6. The molecule has 0 amide bonds. The molecule has 0 saturated carbocycles. The number of benzene rings is 1. The number of hydrogen-bond donors (Lipinski definition) is 1. The van der Waals surface area contributed by atoms with Gasteiger partial charge in [0.25, 0.3) is 0 Å². The molecule has 0 radical (unpaired) electrons. The van der Waals surface area contributed by atoms with Crippen LogP contribution in [-0.4, -0.2) is 35.7 Å². The van der Waals surface area contributed by atoms with Gasteiger partial charge in [-0.2, -0.15) is 0 Å².